The van der Waals surface area contributed by atoms with E-state index in [9.17, 15) is 4.79 Å². The lowest BCUT2D eigenvalue weighted by molar-refractivity contribution is 0.102. The van der Waals surface area contributed by atoms with Crippen molar-refractivity contribution >= 4 is 23.2 Å². The first kappa shape index (κ1) is 24.5. The zero-order valence-electron chi connectivity index (χ0n) is 20.7. The normalized spacial score (nSPS) is 15.2. The maximum atomic E-state index is 12.9. The Bertz CT molecular complexity index is 1340. The molecule has 1 saturated heterocycles. The molecule has 1 aliphatic heterocycles. The molecule has 1 amide bonds. The highest BCUT2D eigenvalue weighted by Crippen LogP contribution is 2.22. The standard InChI is InChI=1S/C28H30N8O/c1-35-14-16-36(17-15-35)26(29)20-7-9-21(10-8-20)27(37)32-23-5-2-6-24(18-23)33-28-31-13-11-25(34-28)22-4-3-12-30-19-22/h2-13,18-19,26H,14-17,29H2,1H3,(H,32,37)(H,31,33,34). The van der Waals surface area contributed by atoms with Crippen molar-refractivity contribution in [1.82, 2.24) is 24.8 Å². The van der Waals surface area contributed by atoms with Crippen molar-refractivity contribution in [2.75, 3.05) is 43.9 Å². The fourth-order valence-corrected chi connectivity index (χ4v) is 4.24. The molecule has 2 aromatic heterocycles. The number of nitrogens with one attached hydrogen (secondary N) is 2. The first-order chi connectivity index (χ1) is 18.0. The molecule has 9 nitrogen and oxygen atoms in total. The molecule has 1 fully saturated rings. The molecule has 1 atom stereocenters. The summed E-state index contributed by atoms with van der Waals surface area (Å²) >= 11 is 0. The zero-order chi connectivity index (χ0) is 25.6. The number of piperazine rings is 1. The van der Waals surface area contributed by atoms with Crippen LogP contribution < -0.4 is 16.4 Å². The average molecular weight is 495 g/mol. The van der Waals surface area contributed by atoms with Gasteiger partial charge in [0, 0.05) is 67.3 Å². The molecule has 37 heavy (non-hydrogen) atoms. The molecule has 188 valence electrons. The summed E-state index contributed by atoms with van der Waals surface area (Å²) in [5.41, 5.74) is 11.1. The highest BCUT2D eigenvalue weighted by molar-refractivity contribution is 6.04. The van der Waals surface area contributed by atoms with Gasteiger partial charge in [0.25, 0.3) is 5.91 Å². The lowest BCUT2D eigenvalue weighted by Crippen LogP contribution is -2.48. The predicted molar refractivity (Wildman–Crippen MR) is 145 cm³/mol. The van der Waals surface area contributed by atoms with Gasteiger partial charge in [-0.25, -0.2) is 9.97 Å². The van der Waals surface area contributed by atoms with E-state index in [1.165, 1.54) is 0 Å². The number of nitrogens with two attached hydrogens (primary N) is 1. The molecule has 3 heterocycles. The maximum absolute atomic E-state index is 12.9. The van der Waals surface area contributed by atoms with E-state index in [2.05, 4.69) is 42.4 Å². The van der Waals surface area contributed by atoms with E-state index in [0.717, 1.165) is 48.7 Å². The van der Waals surface area contributed by atoms with E-state index in [1.807, 2.05) is 66.7 Å². The summed E-state index contributed by atoms with van der Waals surface area (Å²) in [6.45, 7) is 3.88. The number of rotatable bonds is 7. The van der Waals surface area contributed by atoms with E-state index in [0.29, 0.717) is 17.2 Å². The monoisotopic (exact) mass is 494 g/mol. The third-order valence-corrected chi connectivity index (χ3v) is 6.44. The highest BCUT2D eigenvalue weighted by atomic mass is 16.1. The van der Waals surface area contributed by atoms with Crippen LogP contribution in [0.1, 0.15) is 22.1 Å². The third-order valence-electron chi connectivity index (χ3n) is 6.44. The summed E-state index contributed by atoms with van der Waals surface area (Å²) in [6, 6.07) is 20.6. The second-order valence-corrected chi connectivity index (χ2v) is 9.07. The van der Waals surface area contributed by atoms with Crippen LogP contribution in [0.2, 0.25) is 0 Å². The molecule has 2 aromatic carbocycles. The Kier molecular flexibility index (Phi) is 7.46. The van der Waals surface area contributed by atoms with Crippen LogP contribution in [-0.4, -0.2) is 63.9 Å². The number of hydrogen-bond acceptors (Lipinski definition) is 8. The molecular weight excluding hydrogens is 464 g/mol. The van der Waals surface area contributed by atoms with Gasteiger partial charge in [-0.05, 0) is 61.1 Å². The molecule has 1 unspecified atom stereocenters. The van der Waals surface area contributed by atoms with Crippen LogP contribution in [0.25, 0.3) is 11.3 Å². The van der Waals surface area contributed by atoms with Crippen molar-refractivity contribution in [2.24, 2.45) is 5.73 Å². The van der Waals surface area contributed by atoms with E-state index in [-0.39, 0.29) is 12.1 Å². The minimum absolute atomic E-state index is 0.174. The maximum Gasteiger partial charge on any atom is 0.255 e. The van der Waals surface area contributed by atoms with Gasteiger partial charge in [-0.3, -0.25) is 14.7 Å². The Hall–Kier alpha value is -4.18. The largest absolute Gasteiger partial charge is 0.324 e. The number of carbonyl (C=O) groups excluding carboxylic acids is 1. The zero-order valence-corrected chi connectivity index (χ0v) is 20.7. The van der Waals surface area contributed by atoms with E-state index in [4.69, 9.17) is 5.73 Å². The molecule has 0 bridgehead atoms. The minimum Gasteiger partial charge on any atom is -0.324 e. The number of carbonyl (C=O) groups is 1. The number of pyridine rings is 1. The first-order valence-electron chi connectivity index (χ1n) is 12.3. The highest BCUT2D eigenvalue weighted by Gasteiger charge is 2.21. The Morgan fingerprint density at radius 3 is 2.49 bits per heavy atom. The van der Waals surface area contributed by atoms with E-state index in [1.54, 1.807) is 18.6 Å². The molecule has 1 aliphatic rings. The number of likely N-dealkylation sites (N-methyl/N-ethyl adjacent to an activating group) is 1. The van der Waals surface area contributed by atoms with Gasteiger partial charge in [0.2, 0.25) is 5.95 Å². The number of amides is 1. The average Bonchev–Trinajstić information content (AvgIpc) is 2.94. The number of aromatic nitrogens is 3. The van der Waals surface area contributed by atoms with Crippen LogP contribution in [0.5, 0.6) is 0 Å². The lowest BCUT2D eigenvalue weighted by Gasteiger charge is -2.36. The Labute approximate surface area is 216 Å². The van der Waals surface area contributed by atoms with Crippen molar-refractivity contribution in [3.63, 3.8) is 0 Å². The SMILES string of the molecule is CN1CCN(C(N)c2ccc(C(=O)Nc3cccc(Nc4nccc(-c5cccnc5)n4)c3)cc2)CC1. The molecule has 0 aliphatic carbocycles. The Morgan fingerprint density at radius 1 is 0.946 bits per heavy atom. The summed E-state index contributed by atoms with van der Waals surface area (Å²) in [6.07, 6.45) is 5.01. The second kappa shape index (κ2) is 11.3. The van der Waals surface area contributed by atoms with E-state index >= 15 is 0 Å². The summed E-state index contributed by atoms with van der Waals surface area (Å²) in [5.74, 6) is 0.267. The molecule has 0 spiro atoms. The quantitative estimate of drug-likeness (QED) is 0.356. The fraction of sp³-hybridized carbons (Fsp3) is 0.214. The number of anilines is 3. The van der Waals surface area contributed by atoms with Gasteiger partial charge in [0.15, 0.2) is 0 Å². The van der Waals surface area contributed by atoms with Gasteiger partial charge in [0.1, 0.15) is 0 Å². The molecule has 0 radical (unpaired) electrons. The molecule has 5 rings (SSSR count). The Balaban J connectivity index is 1.22. The van der Waals surface area contributed by atoms with Crippen molar-refractivity contribution in [3.8, 4) is 11.3 Å². The van der Waals surface area contributed by atoms with Crippen LogP contribution >= 0.6 is 0 Å². The van der Waals surface area contributed by atoms with Crippen molar-refractivity contribution in [1.29, 1.82) is 0 Å². The minimum atomic E-state index is -0.188. The lowest BCUT2D eigenvalue weighted by atomic mass is 10.1. The van der Waals surface area contributed by atoms with Crippen LogP contribution in [0.15, 0.2) is 85.3 Å². The Morgan fingerprint density at radius 2 is 1.73 bits per heavy atom. The molecule has 0 saturated carbocycles. The number of nitrogens with zero attached hydrogens (tertiary/aromatic N) is 5. The topological polar surface area (TPSA) is 112 Å². The van der Waals surface area contributed by atoms with Crippen molar-refractivity contribution < 1.29 is 4.79 Å². The molecule has 4 N–H and O–H groups in total. The fourth-order valence-electron chi connectivity index (χ4n) is 4.24. The summed E-state index contributed by atoms with van der Waals surface area (Å²) in [5, 5.41) is 6.17. The summed E-state index contributed by atoms with van der Waals surface area (Å²) < 4.78 is 0. The van der Waals surface area contributed by atoms with Crippen LogP contribution in [-0.2, 0) is 0 Å². The van der Waals surface area contributed by atoms with Crippen LogP contribution in [0.4, 0.5) is 17.3 Å². The van der Waals surface area contributed by atoms with Crippen molar-refractivity contribution in [2.45, 2.75) is 6.17 Å². The predicted octanol–water partition coefficient (Wildman–Crippen LogP) is 3.74. The van der Waals surface area contributed by atoms with Crippen LogP contribution in [0.3, 0.4) is 0 Å². The summed E-state index contributed by atoms with van der Waals surface area (Å²) in [7, 11) is 2.12. The van der Waals surface area contributed by atoms with Crippen molar-refractivity contribution in [3.05, 3.63) is 96.4 Å². The summed E-state index contributed by atoms with van der Waals surface area (Å²) in [4.78, 5) is 30.5. The smallest absolute Gasteiger partial charge is 0.255 e. The molecule has 4 aromatic rings. The van der Waals surface area contributed by atoms with Gasteiger partial charge in [-0.15, -0.1) is 0 Å². The van der Waals surface area contributed by atoms with Gasteiger partial charge >= 0.3 is 0 Å². The second-order valence-electron chi connectivity index (χ2n) is 9.07. The number of hydrogen-bond donors (Lipinski definition) is 3. The number of benzene rings is 2. The van der Waals surface area contributed by atoms with Gasteiger partial charge in [-0.2, -0.15) is 0 Å². The van der Waals surface area contributed by atoms with Gasteiger partial charge in [0.05, 0.1) is 11.9 Å². The third kappa shape index (κ3) is 6.15. The van der Waals surface area contributed by atoms with Crippen LogP contribution in [0, 0.1) is 0 Å². The van der Waals surface area contributed by atoms with Gasteiger partial charge in [-0.1, -0.05) is 18.2 Å². The first-order valence-corrected chi connectivity index (χ1v) is 12.3. The molecular formula is C28H30N8O. The van der Waals surface area contributed by atoms with Gasteiger partial charge < -0.3 is 21.3 Å². The molecule has 9 heteroatoms. The van der Waals surface area contributed by atoms with E-state index < -0.39 is 0 Å².